The first-order valence-electron chi connectivity index (χ1n) is 9.32. The lowest BCUT2D eigenvalue weighted by Gasteiger charge is -2.38. The van der Waals surface area contributed by atoms with Crippen LogP contribution in [0.5, 0.6) is 0 Å². The van der Waals surface area contributed by atoms with Crippen molar-refractivity contribution in [2.75, 3.05) is 19.7 Å². The van der Waals surface area contributed by atoms with E-state index in [-0.39, 0.29) is 24.5 Å². The Morgan fingerprint density at radius 1 is 1.37 bits per heavy atom. The van der Waals surface area contributed by atoms with Crippen LogP contribution in [-0.4, -0.2) is 51.5 Å². The molecular weight excluding hydrogens is 346 g/mol. The van der Waals surface area contributed by atoms with E-state index < -0.39 is 11.8 Å². The normalized spacial score (nSPS) is 22.1. The highest BCUT2D eigenvalue weighted by molar-refractivity contribution is 5.87. The zero-order valence-corrected chi connectivity index (χ0v) is 16.1. The van der Waals surface area contributed by atoms with Crippen molar-refractivity contribution in [2.24, 2.45) is 11.7 Å². The van der Waals surface area contributed by atoms with Crippen LogP contribution < -0.4 is 5.73 Å². The molecule has 1 aromatic heterocycles. The molecule has 0 saturated carbocycles. The van der Waals surface area contributed by atoms with Crippen LogP contribution in [0.4, 0.5) is 4.79 Å². The summed E-state index contributed by atoms with van der Waals surface area (Å²) >= 11 is 0. The molecule has 3 rings (SSSR count). The van der Waals surface area contributed by atoms with E-state index in [4.69, 9.17) is 10.5 Å². The lowest BCUT2D eigenvalue weighted by Crippen LogP contribution is -2.46. The van der Waals surface area contributed by atoms with E-state index in [0.29, 0.717) is 18.7 Å². The van der Waals surface area contributed by atoms with Crippen LogP contribution in [0.1, 0.15) is 50.5 Å². The minimum absolute atomic E-state index is 0.00923. The first-order chi connectivity index (χ1) is 12.7. The van der Waals surface area contributed by atoms with Crippen molar-refractivity contribution in [1.82, 2.24) is 9.88 Å². The highest BCUT2D eigenvalue weighted by atomic mass is 16.6. The number of hydrogen-bond donors (Lipinski definition) is 4. The molecule has 1 fully saturated rings. The van der Waals surface area contributed by atoms with Crippen LogP contribution in [0.2, 0.25) is 0 Å². The summed E-state index contributed by atoms with van der Waals surface area (Å²) in [7, 11) is 0. The first kappa shape index (κ1) is 19.7. The number of hydrogen-bond acceptors (Lipinski definition) is 5. The number of carbonyl (C=O) groups excluding carboxylic acids is 1. The second-order valence-corrected chi connectivity index (χ2v) is 8.32. The summed E-state index contributed by atoms with van der Waals surface area (Å²) in [6.45, 7) is 6.56. The quantitative estimate of drug-likeness (QED) is 0.616. The topological polar surface area (TPSA) is 112 Å². The molecule has 3 unspecified atom stereocenters. The van der Waals surface area contributed by atoms with Gasteiger partial charge in [0.25, 0.3) is 0 Å². The van der Waals surface area contributed by atoms with Gasteiger partial charge in [-0.05, 0) is 38.8 Å². The van der Waals surface area contributed by atoms with Crippen LogP contribution in [-0.2, 0) is 4.74 Å². The number of nitrogens with two attached hydrogens (primary N) is 1. The number of H-pyrrole nitrogens is 1. The number of aromatic amines is 1. The molecule has 7 heteroatoms. The van der Waals surface area contributed by atoms with Gasteiger partial charge in [0.2, 0.25) is 0 Å². The van der Waals surface area contributed by atoms with E-state index >= 15 is 0 Å². The Morgan fingerprint density at radius 2 is 2.11 bits per heavy atom. The van der Waals surface area contributed by atoms with Crippen LogP contribution in [0, 0.1) is 5.92 Å². The number of piperidine rings is 1. The van der Waals surface area contributed by atoms with Gasteiger partial charge in [0, 0.05) is 48.7 Å². The van der Waals surface area contributed by atoms with E-state index in [1.807, 2.05) is 45.2 Å². The van der Waals surface area contributed by atoms with Crippen molar-refractivity contribution in [1.29, 1.82) is 0 Å². The number of aliphatic hydroxyl groups excluding tert-OH is 2. The van der Waals surface area contributed by atoms with Crippen molar-refractivity contribution in [2.45, 2.75) is 44.9 Å². The minimum Gasteiger partial charge on any atom is -0.444 e. The number of fused-ring (bicyclic) bond motifs is 1. The number of nitrogens with one attached hydrogen (secondary N) is 1. The second-order valence-electron chi connectivity index (χ2n) is 8.32. The molecule has 0 spiro atoms. The highest BCUT2D eigenvalue weighted by Gasteiger charge is 2.33. The van der Waals surface area contributed by atoms with Crippen LogP contribution in [0.25, 0.3) is 10.9 Å². The third kappa shape index (κ3) is 4.26. The molecule has 1 saturated heterocycles. The Hall–Kier alpha value is -2.09. The van der Waals surface area contributed by atoms with E-state index in [2.05, 4.69) is 4.98 Å². The van der Waals surface area contributed by atoms with Gasteiger partial charge in [-0.2, -0.15) is 0 Å². The number of benzene rings is 1. The molecule has 2 aromatic rings. The zero-order chi connectivity index (χ0) is 19.8. The molecule has 1 aliphatic heterocycles. The van der Waals surface area contributed by atoms with E-state index in [0.717, 1.165) is 22.9 Å². The molecule has 5 N–H and O–H groups in total. The number of rotatable bonds is 3. The van der Waals surface area contributed by atoms with E-state index in [9.17, 15) is 15.0 Å². The summed E-state index contributed by atoms with van der Waals surface area (Å²) in [4.78, 5) is 17.4. The van der Waals surface area contributed by atoms with Crippen molar-refractivity contribution < 1.29 is 19.7 Å². The fourth-order valence-electron chi connectivity index (χ4n) is 3.84. The maximum atomic E-state index is 12.6. The molecule has 148 valence electrons. The average Bonchev–Trinajstić information content (AvgIpc) is 3.08. The van der Waals surface area contributed by atoms with E-state index in [1.165, 1.54) is 0 Å². The minimum atomic E-state index is -1.06. The van der Waals surface area contributed by atoms with Crippen molar-refractivity contribution >= 4 is 17.0 Å². The summed E-state index contributed by atoms with van der Waals surface area (Å²) in [5.41, 5.74) is 7.61. The third-order valence-electron chi connectivity index (χ3n) is 4.99. The smallest absolute Gasteiger partial charge is 0.410 e. The Balaban J connectivity index is 1.91. The molecular formula is C20H29N3O4. The Kier molecular flexibility index (Phi) is 5.46. The number of likely N-dealkylation sites (tertiary alicyclic amines) is 1. The Bertz CT molecular complexity index is 809. The fraction of sp³-hybridized carbons (Fsp3) is 0.550. The van der Waals surface area contributed by atoms with Crippen molar-refractivity contribution in [3.63, 3.8) is 0 Å². The van der Waals surface area contributed by atoms with Crippen LogP contribution in [0.3, 0.4) is 0 Å². The zero-order valence-electron chi connectivity index (χ0n) is 16.1. The molecule has 1 aromatic carbocycles. The molecule has 1 amide bonds. The number of amides is 1. The average molecular weight is 375 g/mol. The highest BCUT2D eigenvalue weighted by Crippen LogP contribution is 2.36. The molecule has 27 heavy (non-hydrogen) atoms. The number of nitrogens with zero attached hydrogens (tertiary/aromatic N) is 1. The summed E-state index contributed by atoms with van der Waals surface area (Å²) in [5, 5.41) is 20.5. The SMILES string of the molecule is CC(C)(C)OC(=O)N1CC(CO)CC(c2ccc(C(N)O)c3[nH]ccc23)C1. The van der Waals surface area contributed by atoms with Gasteiger partial charge >= 0.3 is 6.09 Å². The molecule has 3 atom stereocenters. The maximum Gasteiger partial charge on any atom is 0.410 e. The summed E-state index contributed by atoms with van der Waals surface area (Å²) in [6, 6.07) is 5.73. The standard InChI is InChI=1S/C20H29N3O4/c1-20(2,3)27-19(26)23-9-12(11-24)8-13(10-23)14-4-5-16(18(21)25)17-15(14)6-7-22-17/h4-7,12-13,18,22,24-25H,8-11,21H2,1-3H3. The van der Waals surface area contributed by atoms with Gasteiger partial charge in [0.1, 0.15) is 11.8 Å². The Labute approximate surface area is 159 Å². The number of aromatic nitrogens is 1. The van der Waals surface area contributed by atoms with E-state index in [1.54, 1.807) is 4.90 Å². The predicted molar refractivity (Wildman–Crippen MR) is 103 cm³/mol. The lowest BCUT2D eigenvalue weighted by atomic mass is 9.83. The molecule has 0 bridgehead atoms. The number of ether oxygens (including phenoxy) is 1. The maximum absolute atomic E-state index is 12.6. The number of aliphatic hydroxyl groups is 2. The fourth-order valence-corrected chi connectivity index (χ4v) is 3.84. The van der Waals surface area contributed by atoms with Gasteiger partial charge in [-0.1, -0.05) is 12.1 Å². The van der Waals surface area contributed by atoms with Gasteiger partial charge in [-0.25, -0.2) is 4.79 Å². The van der Waals surface area contributed by atoms with Gasteiger partial charge in [0.15, 0.2) is 0 Å². The Morgan fingerprint density at radius 3 is 2.74 bits per heavy atom. The molecule has 0 aliphatic carbocycles. The summed E-state index contributed by atoms with van der Waals surface area (Å²) < 4.78 is 5.53. The summed E-state index contributed by atoms with van der Waals surface area (Å²) in [6.07, 6.45) is 1.18. The third-order valence-corrected chi connectivity index (χ3v) is 4.99. The first-order valence-corrected chi connectivity index (χ1v) is 9.32. The van der Waals surface area contributed by atoms with Crippen molar-refractivity contribution in [3.8, 4) is 0 Å². The van der Waals surface area contributed by atoms with Gasteiger partial charge in [-0.3, -0.25) is 0 Å². The molecule has 7 nitrogen and oxygen atoms in total. The number of carbonyl (C=O) groups is 1. The molecule has 2 heterocycles. The van der Waals surface area contributed by atoms with Crippen molar-refractivity contribution in [3.05, 3.63) is 35.5 Å². The molecule has 0 radical (unpaired) electrons. The van der Waals surface area contributed by atoms with Gasteiger partial charge in [-0.15, -0.1) is 0 Å². The largest absolute Gasteiger partial charge is 0.444 e. The lowest BCUT2D eigenvalue weighted by molar-refractivity contribution is 0.0103. The predicted octanol–water partition coefficient (Wildman–Crippen LogP) is 2.45. The van der Waals surface area contributed by atoms with Gasteiger partial charge < -0.3 is 30.6 Å². The summed E-state index contributed by atoms with van der Waals surface area (Å²) in [5.74, 6) is 0.0516. The van der Waals surface area contributed by atoms with Crippen LogP contribution in [0.15, 0.2) is 24.4 Å². The van der Waals surface area contributed by atoms with Gasteiger partial charge in [0.05, 0.1) is 5.52 Å². The second kappa shape index (κ2) is 7.50. The molecule has 1 aliphatic rings. The monoisotopic (exact) mass is 375 g/mol. The van der Waals surface area contributed by atoms with Crippen LogP contribution >= 0.6 is 0 Å².